The first-order chi connectivity index (χ1) is 8.22. The van der Waals surface area contributed by atoms with E-state index < -0.39 is 0 Å². The molecule has 2 rings (SSSR count). The van der Waals surface area contributed by atoms with Gasteiger partial charge in [0.25, 0.3) is 0 Å². The van der Waals surface area contributed by atoms with Gasteiger partial charge in [0.15, 0.2) is 0 Å². The van der Waals surface area contributed by atoms with E-state index in [-0.39, 0.29) is 0 Å². The van der Waals surface area contributed by atoms with Crippen molar-refractivity contribution in [2.45, 2.75) is 52.5 Å². The van der Waals surface area contributed by atoms with Crippen LogP contribution in [0.4, 0.5) is 0 Å². The molecule has 1 fully saturated rings. The molecule has 1 aromatic rings. The molecule has 17 heavy (non-hydrogen) atoms. The summed E-state index contributed by atoms with van der Waals surface area (Å²) in [5.41, 5.74) is 4.31. The maximum atomic E-state index is 3.73. The van der Waals surface area contributed by atoms with Crippen LogP contribution in [0.3, 0.4) is 0 Å². The lowest BCUT2D eigenvalue weighted by Crippen LogP contribution is -2.32. The molecule has 0 aromatic heterocycles. The highest BCUT2D eigenvalue weighted by atomic mass is 14.9. The number of nitrogens with one attached hydrogen (secondary N) is 1. The standard InChI is InChI=1S/C16H25N/c1-4-10-17-16(14-6-5-7-14)15-9-8-12(2)13(3)11-15/h8-9,11,14,16-17H,4-7,10H2,1-3H3. The lowest BCUT2D eigenvalue weighted by molar-refractivity contribution is 0.231. The number of rotatable bonds is 5. The van der Waals surface area contributed by atoms with Crippen molar-refractivity contribution in [1.29, 1.82) is 0 Å². The van der Waals surface area contributed by atoms with E-state index >= 15 is 0 Å². The van der Waals surface area contributed by atoms with Crippen LogP contribution in [0.5, 0.6) is 0 Å². The molecule has 1 unspecified atom stereocenters. The highest BCUT2D eigenvalue weighted by Gasteiger charge is 2.27. The van der Waals surface area contributed by atoms with E-state index in [4.69, 9.17) is 0 Å². The van der Waals surface area contributed by atoms with Gasteiger partial charge in [-0.2, -0.15) is 0 Å². The summed E-state index contributed by atoms with van der Waals surface area (Å²) in [6.07, 6.45) is 5.43. The highest BCUT2D eigenvalue weighted by molar-refractivity contribution is 5.32. The number of hydrogen-bond acceptors (Lipinski definition) is 1. The van der Waals surface area contributed by atoms with Crippen molar-refractivity contribution in [2.75, 3.05) is 6.54 Å². The fourth-order valence-corrected chi connectivity index (χ4v) is 2.59. The lowest BCUT2D eigenvalue weighted by atomic mass is 9.77. The Morgan fingerprint density at radius 2 is 2.00 bits per heavy atom. The van der Waals surface area contributed by atoms with Crippen LogP contribution in [0.1, 0.15) is 55.3 Å². The first-order valence-electron chi connectivity index (χ1n) is 7.03. The summed E-state index contributed by atoms with van der Waals surface area (Å²) in [5.74, 6) is 0.864. The average Bonchev–Trinajstić information content (AvgIpc) is 2.25. The quantitative estimate of drug-likeness (QED) is 0.803. The third-order valence-electron chi connectivity index (χ3n) is 4.13. The van der Waals surface area contributed by atoms with Crippen LogP contribution in [-0.4, -0.2) is 6.54 Å². The largest absolute Gasteiger partial charge is 0.310 e. The minimum Gasteiger partial charge on any atom is -0.310 e. The monoisotopic (exact) mass is 231 g/mol. The fourth-order valence-electron chi connectivity index (χ4n) is 2.59. The molecule has 0 radical (unpaired) electrons. The number of hydrogen-bond donors (Lipinski definition) is 1. The second-order valence-corrected chi connectivity index (χ2v) is 5.47. The molecule has 1 aliphatic rings. The van der Waals surface area contributed by atoms with E-state index in [0.29, 0.717) is 6.04 Å². The maximum absolute atomic E-state index is 3.73. The Kier molecular flexibility index (Phi) is 4.22. The summed E-state index contributed by atoms with van der Waals surface area (Å²) in [4.78, 5) is 0. The molecule has 0 spiro atoms. The van der Waals surface area contributed by atoms with Gasteiger partial charge in [0.1, 0.15) is 0 Å². The summed E-state index contributed by atoms with van der Waals surface area (Å²) in [7, 11) is 0. The zero-order valence-electron chi connectivity index (χ0n) is 11.4. The molecule has 1 saturated carbocycles. The van der Waals surface area contributed by atoms with Gasteiger partial charge in [-0.15, -0.1) is 0 Å². The predicted molar refractivity (Wildman–Crippen MR) is 74.3 cm³/mol. The Balaban J connectivity index is 2.15. The van der Waals surface area contributed by atoms with Crippen LogP contribution in [0, 0.1) is 19.8 Å². The molecule has 0 aliphatic heterocycles. The Labute approximate surface area is 106 Å². The molecule has 1 atom stereocenters. The molecular weight excluding hydrogens is 206 g/mol. The van der Waals surface area contributed by atoms with Crippen LogP contribution in [0.25, 0.3) is 0 Å². The van der Waals surface area contributed by atoms with Crippen molar-refractivity contribution in [3.05, 3.63) is 34.9 Å². The summed E-state index contributed by atoms with van der Waals surface area (Å²) in [5, 5.41) is 3.73. The Bertz CT molecular complexity index is 366. The van der Waals surface area contributed by atoms with E-state index in [9.17, 15) is 0 Å². The molecular formula is C16H25N. The molecule has 1 aromatic carbocycles. The van der Waals surface area contributed by atoms with Gasteiger partial charge < -0.3 is 5.32 Å². The van der Waals surface area contributed by atoms with Gasteiger partial charge in [-0.05, 0) is 62.3 Å². The first-order valence-corrected chi connectivity index (χ1v) is 7.03. The smallest absolute Gasteiger partial charge is 0.0348 e. The second-order valence-electron chi connectivity index (χ2n) is 5.47. The normalized spacial score (nSPS) is 17.8. The molecule has 1 nitrogen and oxygen atoms in total. The van der Waals surface area contributed by atoms with Gasteiger partial charge >= 0.3 is 0 Å². The molecule has 1 aliphatic carbocycles. The van der Waals surface area contributed by atoms with Crippen LogP contribution >= 0.6 is 0 Å². The number of aryl methyl sites for hydroxylation is 2. The summed E-state index contributed by atoms with van der Waals surface area (Å²) >= 11 is 0. The van der Waals surface area contributed by atoms with E-state index in [2.05, 4.69) is 44.3 Å². The molecule has 1 N–H and O–H groups in total. The molecule has 0 bridgehead atoms. The second kappa shape index (κ2) is 5.68. The van der Waals surface area contributed by atoms with Crippen molar-refractivity contribution in [1.82, 2.24) is 5.32 Å². The summed E-state index contributed by atoms with van der Waals surface area (Å²) in [6.45, 7) is 7.78. The predicted octanol–water partition coefficient (Wildman–Crippen LogP) is 4.14. The van der Waals surface area contributed by atoms with Crippen molar-refractivity contribution in [3.8, 4) is 0 Å². The average molecular weight is 231 g/mol. The van der Waals surface area contributed by atoms with Crippen LogP contribution in [0.15, 0.2) is 18.2 Å². The van der Waals surface area contributed by atoms with Gasteiger partial charge in [0, 0.05) is 6.04 Å². The fraction of sp³-hybridized carbons (Fsp3) is 0.625. The molecule has 94 valence electrons. The van der Waals surface area contributed by atoms with Crippen LogP contribution in [0.2, 0.25) is 0 Å². The zero-order chi connectivity index (χ0) is 12.3. The third kappa shape index (κ3) is 2.90. The van der Waals surface area contributed by atoms with Gasteiger partial charge in [0.05, 0.1) is 0 Å². The Morgan fingerprint density at radius 1 is 1.24 bits per heavy atom. The van der Waals surface area contributed by atoms with Gasteiger partial charge in [0.2, 0.25) is 0 Å². The van der Waals surface area contributed by atoms with Crippen molar-refractivity contribution in [3.63, 3.8) is 0 Å². The Morgan fingerprint density at radius 3 is 2.53 bits per heavy atom. The van der Waals surface area contributed by atoms with E-state index in [0.717, 1.165) is 12.5 Å². The summed E-state index contributed by atoms with van der Waals surface area (Å²) < 4.78 is 0. The Hall–Kier alpha value is -0.820. The van der Waals surface area contributed by atoms with Gasteiger partial charge in [-0.1, -0.05) is 31.5 Å². The minimum atomic E-state index is 0.586. The molecule has 0 amide bonds. The highest BCUT2D eigenvalue weighted by Crippen LogP contribution is 2.38. The first kappa shape index (κ1) is 12.6. The van der Waals surface area contributed by atoms with Crippen LogP contribution < -0.4 is 5.32 Å². The van der Waals surface area contributed by atoms with Crippen LogP contribution in [-0.2, 0) is 0 Å². The SMILES string of the molecule is CCCNC(c1ccc(C)c(C)c1)C1CCC1. The van der Waals surface area contributed by atoms with Gasteiger partial charge in [-0.3, -0.25) is 0 Å². The molecule has 0 heterocycles. The molecule has 1 heteroatoms. The van der Waals surface area contributed by atoms with Crippen molar-refractivity contribution in [2.24, 2.45) is 5.92 Å². The summed E-state index contributed by atoms with van der Waals surface area (Å²) in [6, 6.07) is 7.54. The van der Waals surface area contributed by atoms with Crippen molar-refractivity contribution < 1.29 is 0 Å². The maximum Gasteiger partial charge on any atom is 0.0348 e. The topological polar surface area (TPSA) is 12.0 Å². The molecule has 0 saturated heterocycles. The van der Waals surface area contributed by atoms with E-state index in [1.165, 1.54) is 42.4 Å². The van der Waals surface area contributed by atoms with E-state index in [1.807, 2.05) is 0 Å². The zero-order valence-corrected chi connectivity index (χ0v) is 11.4. The van der Waals surface area contributed by atoms with Crippen molar-refractivity contribution >= 4 is 0 Å². The van der Waals surface area contributed by atoms with Gasteiger partial charge in [-0.25, -0.2) is 0 Å². The minimum absolute atomic E-state index is 0.586. The van der Waals surface area contributed by atoms with E-state index in [1.54, 1.807) is 0 Å². The third-order valence-corrected chi connectivity index (χ3v) is 4.13. The lowest BCUT2D eigenvalue weighted by Gasteiger charge is -2.35. The number of benzene rings is 1.